The van der Waals surface area contributed by atoms with Crippen LogP contribution in [0.1, 0.15) is 32.6 Å². The van der Waals surface area contributed by atoms with E-state index in [1.807, 2.05) is 0 Å². The van der Waals surface area contributed by atoms with Gasteiger partial charge in [0, 0.05) is 18.0 Å². The molecule has 136 valence electrons. The van der Waals surface area contributed by atoms with E-state index in [0.717, 1.165) is 6.42 Å². The molecule has 0 bridgehead atoms. The normalized spacial score (nSPS) is 18.6. The fourth-order valence-electron chi connectivity index (χ4n) is 2.39. The van der Waals surface area contributed by atoms with Gasteiger partial charge in [-0.15, -0.1) is 0 Å². The number of carbonyl (C=O) groups is 3. The van der Waals surface area contributed by atoms with Gasteiger partial charge in [-0.3, -0.25) is 14.4 Å². The molecule has 0 saturated heterocycles. The third-order valence-electron chi connectivity index (χ3n) is 3.94. The van der Waals surface area contributed by atoms with Gasteiger partial charge in [-0.05, 0) is 38.0 Å². The van der Waals surface area contributed by atoms with Gasteiger partial charge in [-0.2, -0.15) is 0 Å². The van der Waals surface area contributed by atoms with Crippen LogP contribution in [0.15, 0.2) is 18.2 Å². The Balaban J connectivity index is 1.85. The summed E-state index contributed by atoms with van der Waals surface area (Å²) in [4.78, 5) is 35.7. The Bertz CT molecular complexity index is 679. The first kappa shape index (κ1) is 19.1. The Hall–Kier alpha value is -2.28. The standard InChI is InChI=1S/C17H21ClN2O5/c1-17(15(22)19-9-5-3-4-6-14(21)24-2)16(23)20-12-10-11(18)7-8-13(12)25-17/h7-8,10H,3-6,9H2,1-2H3,(H,19,22)(H,20,23). The lowest BCUT2D eigenvalue weighted by atomic mass is 10.0. The number of methoxy groups -OCH3 is 1. The summed E-state index contributed by atoms with van der Waals surface area (Å²) in [6.07, 6.45) is 2.49. The van der Waals surface area contributed by atoms with Gasteiger partial charge in [0.2, 0.25) is 0 Å². The Morgan fingerprint density at radius 2 is 2.08 bits per heavy atom. The summed E-state index contributed by atoms with van der Waals surface area (Å²) in [5, 5.41) is 5.80. The lowest BCUT2D eigenvalue weighted by molar-refractivity contribution is -0.146. The van der Waals surface area contributed by atoms with Crippen LogP contribution in [-0.4, -0.2) is 37.0 Å². The summed E-state index contributed by atoms with van der Waals surface area (Å²) < 4.78 is 10.2. The van der Waals surface area contributed by atoms with E-state index >= 15 is 0 Å². The number of ether oxygens (including phenoxy) is 2. The first-order valence-electron chi connectivity index (χ1n) is 8.02. The average Bonchev–Trinajstić information content (AvgIpc) is 2.58. The van der Waals surface area contributed by atoms with Crippen molar-refractivity contribution >= 4 is 35.1 Å². The second-order valence-corrected chi connectivity index (χ2v) is 6.31. The van der Waals surface area contributed by atoms with Gasteiger partial charge in [0.15, 0.2) is 0 Å². The molecule has 7 nitrogen and oxygen atoms in total. The zero-order valence-corrected chi connectivity index (χ0v) is 14.9. The maximum Gasteiger partial charge on any atom is 0.305 e. The minimum Gasteiger partial charge on any atom is -0.469 e. The molecule has 0 spiro atoms. The topological polar surface area (TPSA) is 93.7 Å². The van der Waals surface area contributed by atoms with Crippen LogP contribution in [0.2, 0.25) is 5.02 Å². The minimum atomic E-state index is -1.65. The number of anilines is 1. The predicted molar refractivity (Wildman–Crippen MR) is 92.6 cm³/mol. The first-order chi connectivity index (χ1) is 11.9. The Kier molecular flexibility index (Phi) is 6.25. The van der Waals surface area contributed by atoms with E-state index in [4.69, 9.17) is 16.3 Å². The van der Waals surface area contributed by atoms with Crippen molar-refractivity contribution in [1.82, 2.24) is 5.32 Å². The minimum absolute atomic E-state index is 0.248. The van der Waals surface area contributed by atoms with E-state index in [1.54, 1.807) is 18.2 Å². The van der Waals surface area contributed by atoms with Crippen LogP contribution in [0.5, 0.6) is 5.75 Å². The van der Waals surface area contributed by atoms with Gasteiger partial charge < -0.3 is 20.1 Å². The molecule has 0 radical (unpaired) electrons. The van der Waals surface area contributed by atoms with Gasteiger partial charge in [0.05, 0.1) is 12.8 Å². The number of halogens is 1. The van der Waals surface area contributed by atoms with Crippen LogP contribution in [0, 0.1) is 0 Å². The Morgan fingerprint density at radius 3 is 2.80 bits per heavy atom. The number of fused-ring (bicyclic) bond motifs is 1. The maximum atomic E-state index is 12.4. The third kappa shape index (κ3) is 4.63. The zero-order valence-electron chi connectivity index (χ0n) is 14.2. The number of hydrogen-bond acceptors (Lipinski definition) is 5. The highest BCUT2D eigenvalue weighted by molar-refractivity contribution is 6.31. The van der Waals surface area contributed by atoms with Crippen molar-refractivity contribution < 1.29 is 23.9 Å². The fraction of sp³-hybridized carbons (Fsp3) is 0.471. The number of unbranched alkanes of at least 4 members (excludes halogenated alkanes) is 2. The molecule has 0 aromatic heterocycles. The highest BCUT2D eigenvalue weighted by Gasteiger charge is 2.47. The molecule has 1 heterocycles. The fourth-order valence-corrected chi connectivity index (χ4v) is 2.56. The SMILES string of the molecule is COC(=O)CCCCCNC(=O)C1(C)Oc2ccc(Cl)cc2NC1=O. The summed E-state index contributed by atoms with van der Waals surface area (Å²) >= 11 is 5.88. The van der Waals surface area contributed by atoms with Crippen molar-refractivity contribution in [1.29, 1.82) is 0 Å². The van der Waals surface area contributed by atoms with Gasteiger partial charge >= 0.3 is 5.97 Å². The highest BCUT2D eigenvalue weighted by atomic mass is 35.5. The van der Waals surface area contributed by atoms with Gasteiger partial charge in [0.25, 0.3) is 17.4 Å². The Morgan fingerprint density at radius 1 is 1.32 bits per heavy atom. The number of esters is 1. The summed E-state index contributed by atoms with van der Waals surface area (Å²) in [6, 6.07) is 4.79. The van der Waals surface area contributed by atoms with Crippen molar-refractivity contribution in [3.05, 3.63) is 23.2 Å². The molecule has 1 aliphatic rings. The molecular weight excluding hydrogens is 348 g/mol. The molecule has 2 rings (SSSR count). The van der Waals surface area contributed by atoms with Crippen LogP contribution < -0.4 is 15.4 Å². The van der Waals surface area contributed by atoms with Crippen LogP contribution in [0.3, 0.4) is 0 Å². The molecule has 2 amide bonds. The van der Waals surface area contributed by atoms with E-state index in [9.17, 15) is 14.4 Å². The largest absolute Gasteiger partial charge is 0.469 e. The molecule has 25 heavy (non-hydrogen) atoms. The van der Waals surface area contributed by atoms with Crippen LogP contribution in [0.4, 0.5) is 5.69 Å². The van der Waals surface area contributed by atoms with Crippen molar-refractivity contribution in [2.75, 3.05) is 19.0 Å². The van der Waals surface area contributed by atoms with Crippen LogP contribution >= 0.6 is 11.6 Å². The van der Waals surface area contributed by atoms with Crippen LogP contribution in [-0.2, 0) is 19.1 Å². The van der Waals surface area contributed by atoms with Crippen molar-refractivity contribution in [3.63, 3.8) is 0 Å². The summed E-state index contributed by atoms with van der Waals surface area (Å²) in [7, 11) is 1.35. The van der Waals surface area contributed by atoms with Gasteiger partial charge in [-0.1, -0.05) is 18.0 Å². The lowest BCUT2D eigenvalue weighted by Crippen LogP contribution is -2.58. The second-order valence-electron chi connectivity index (χ2n) is 5.87. The smallest absolute Gasteiger partial charge is 0.305 e. The quantitative estimate of drug-likeness (QED) is 0.437. The first-order valence-corrected chi connectivity index (χ1v) is 8.40. The monoisotopic (exact) mass is 368 g/mol. The molecule has 1 atom stereocenters. The van der Waals surface area contributed by atoms with E-state index < -0.39 is 17.4 Å². The third-order valence-corrected chi connectivity index (χ3v) is 4.18. The number of rotatable bonds is 7. The molecule has 0 aliphatic carbocycles. The second kappa shape index (κ2) is 8.20. The maximum absolute atomic E-state index is 12.4. The lowest BCUT2D eigenvalue weighted by Gasteiger charge is -2.33. The van der Waals surface area contributed by atoms with E-state index in [-0.39, 0.29) is 5.97 Å². The molecule has 1 unspecified atom stereocenters. The van der Waals surface area contributed by atoms with E-state index in [2.05, 4.69) is 15.4 Å². The molecule has 0 saturated carbocycles. The average molecular weight is 369 g/mol. The predicted octanol–water partition coefficient (Wildman–Crippen LogP) is 2.28. The van der Waals surface area contributed by atoms with Crippen molar-refractivity contribution in [2.45, 2.75) is 38.2 Å². The molecule has 1 aliphatic heterocycles. The van der Waals surface area contributed by atoms with Crippen LogP contribution in [0.25, 0.3) is 0 Å². The van der Waals surface area contributed by atoms with Crippen molar-refractivity contribution in [2.24, 2.45) is 0 Å². The zero-order chi connectivity index (χ0) is 18.4. The number of benzene rings is 1. The number of nitrogens with one attached hydrogen (secondary N) is 2. The van der Waals surface area contributed by atoms with Gasteiger partial charge in [0.1, 0.15) is 5.75 Å². The number of amides is 2. The van der Waals surface area contributed by atoms with Crippen molar-refractivity contribution in [3.8, 4) is 5.75 Å². The molecular formula is C17H21ClN2O5. The molecule has 1 aromatic carbocycles. The molecule has 1 aromatic rings. The van der Waals surface area contributed by atoms with E-state index in [1.165, 1.54) is 14.0 Å². The summed E-state index contributed by atoms with van der Waals surface area (Å²) in [5.41, 5.74) is -1.21. The summed E-state index contributed by atoms with van der Waals surface area (Å²) in [5.74, 6) is -0.925. The number of carbonyl (C=O) groups excluding carboxylic acids is 3. The van der Waals surface area contributed by atoms with Gasteiger partial charge in [-0.25, -0.2) is 0 Å². The molecule has 2 N–H and O–H groups in total. The number of hydrogen-bond donors (Lipinski definition) is 2. The Labute approximate surface area is 151 Å². The summed E-state index contributed by atoms with van der Waals surface area (Å²) in [6.45, 7) is 1.81. The molecule has 8 heteroatoms. The molecule has 0 fully saturated rings. The van der Waals surface area contributed by atoms with E-state index in [0.29, 0.717) is 42.3 Å². The highest BCUT2D eigenvalue weighted by Crippen LogP contribution is 2.35.